The van der Waals surface area contributed by atoms with Crippen molar-refractivity contribution in [2.24, 2.45) is 5.92 Å². The van der Waals surface area contributed by atoms with Crippen LogP contribution in [0.25, 0.3) is 0 Å². The minimum absolute atomic E-state index is 0.205. The van der Waals surface area contributed by atoms with E-state index < -0.39 is 0 Å². The molecule has 0 spiro atoms. The number of hydrogen-bond acceptors (Lipinski definition) is 2. The molecule has 2 nitrogen and oxygen atoms in total. The van der Waals surface area contributed by atoms with Gasteiger partial charge in [0.15, 0.2) is 0 Å². The number of methoxy groups -OCH3 is 1. The monoisotopic (exact) mass is 289 g/mol. The van der Waals surface area contributed by atoms with Gasteiger partial charge in [-0.1, -0.05) is 31.4 Å². The molecule has 1 aromatic carbocycles. The summed E-state index contributed by atoms with van der Waals surface area (Å²) in [6.07, 6.45) is 6.80. The number of rotatable bonds is 4. The highest BCUT2D eigenvalue weighted by molar-refractivity contribution is 5.30. The number of ether oxygens (including phenoxy) is 1. The summed E-state index contributed by atoms with van der Waals surface area (Å²) >= 11 is 0. The van der Waals surface area contributed by atoms with Crippen molar-refractivity contribution in [3.63, 3.8) is 0 Å². The van der Waals surface area contributed by atoms with Gasteiger partial charge in [-0.3, -0.25) is 0 Å². The fourth-order valence-corrected chi connectivity index (χ4v) is 3.36. The molecule has 0 amide bonds. The Morgan fingerprint density at radius 2 is 1.71 bits per heavy atom. The van der Waals surface area contributed by atoms with Crippen LogP contribution in [0.15, 0.2) is 24.3 Å². The van der Waals surface area contributed by atoms with Gasteiger partial charge in [-0.15, -0.1) is 0 Å². The van der Waals surface area contributed by atoms with Crippen molar-refractivity contribution in [2.45, 2.75) is 64.3 Å². The van der Waals surface area contributed by atoms with Crippen LogP contribution in [0.1, 0.15) is 64.4 Å². The van der Waals surface area contributed by atoms with E-state index in [-0.39, 0.29) is 5.54 Å². The third-order valence-electron chi connectivity index (χ3n) is 4.60. The molecule has 1 aliphatic rings. The molecule has 1 saturated carbocycles. The molecule has 0 saturated heterocycles. The van der Waals surface area contributed by atoms with Gasteiger partial charge in [-0.05, 0) is 69.7 Å². The van der Waals surface area contributed by atoms with Crippen LogP contribution in [0.4, 0.5) is 0 Å². The Morgan fingerprint density at radius 1 is 1.05 bits per heavy atom. The van der Waals surface area contributed by atoms with Crippen LogP contribution < -0.4 is 10.1 Å². The molecule has 1 N–H and O–H groups in total. The van der Waals surface area contributed by atoms with E-state index in [1.807, 2.05) is 0 Å². The summed E-state index contributed by atoms with van der Waals surface area (Å²) < 4.78 is 5.29. The van der Waals surface area contributed by atoms with Gasteiger partial charge < -0.3 is 10.1 Å². The summed E-state index contributed by atoms with van der Waals surface area (Å²) in [5.41, 5.74) is 1.69. The van der Waals surface area contributed by atoms with Crippen LogP contribution in [0, 0.1) is 5.92 Å². The topological polar surface area (TPSA) is 21.3 Å². The molecule has 21 heavy (non-hydrogen) atoms. The maximum absolute atomic E-state index is 5.29. The molecule has 0 bridgehead atoms. The molecule has 2 atom stereocenters. The quantitative estimate of drug-likeness (QED) is 0.808. The molecule has 2 heteroatoms. The first-order chi connectivity index (χ1) is 9.99. The minimum Gasteiger partial charge on any atom is -0.497 e. The lowest BCUT2D eigenvalue weighted by Gasteiger charge is -2.30. The third kappa shape index (κ3) is 5.03. The van der Waals surface area contributed by atoms with Crippen molar-refractivity contribution < 1.29 is 4.74 Å². The Labute approximate surface area is 130 Å². The minimum atomic E-state index is 0.205. The molecular weight excluding hydrogens is 258 g/mol. The lowest BCUT2D eigenvalue weighted by atomic mass is 9.82. The van der Waals surface area contributed by atoms with Gasteiger partial charge in [0, 0.05) is 5.54 Å². The molecule has 0 radical (unpaired) electrons. The Kier molecular flexibility index (Phi) is 5.69. The van der Waals surface area contributed by atoms with E-state index in [2.05, 4.69) is 50.4 Å². The Balaban J connectivity index is 2.10. The summed E-state index contributed by atoms with van der Waals surface area (Å²) in [5, 5.41) is 3.72. The van der Waals surface area contributed by atoms with E-state index in [0.29, 0.717) is 5.92 Å². The van der Waals surface area contributed by atoms with Gasteiger partial charge in [0.25, 0.3) is 0 Å². The summed E-state index contributed by atoms with van der Waals surface area (Å²) in [6.45, 7) is 7.89. The maximum Gasteiger partial charge on any atom is 0.118 e. The summed E-state index contributed by atoms with van der Waals surface area (Å²) in [7, 11) is 1.73. The normalized spacial score (nSPS) is 23.6. The van der Waals surface area contributed by atoms with Gasteiger partial charge in [0.05, 0.1) is 7.11 Å². The highest BCUT2D eigenvalue weighted by Crippen LogP contribution is 2.37. The average molecular weight is 289 g/mol. The Morgan fingerprint density at radius 3 is 2.33 bits per heavy atom. The van der Waals surface area contributed by atoms with Crippen molar-refractivity contribution in [1.29, 1.82) is 0 Å². The predicted octanol–water partition coefficient (Wildman–Crippen LogP) is 4.75. The second-order valence-corrected chi connectivity index (χ2v) is 7.41. The van der Waals surface area contributed by atoms with Gasteiger partial charge in [0.1, 0.15) is 5.75 Å². The van der Waals surface area contributed by atoms with Gasteiger partial charge in [-0.2, -0.15) is 0 Å². The lowest BCUT2D eigenvalue weighted by Crippen LogP contribution is -2.40. The van der Waals surface area contributed by atoms with Crippen LogP contribution in [-0.2, 0) is 0 Å². The highest BCUT2D eigenvalue weighted by Gasteiger charge is 2.26. The van der Waals surface area contributed by atoms with Crippen LogP contribution in [-0.4, -0.2) is 19.2 Å². The molecule has 1 aromatic rings. The molecule has 118 valence electrons. The first-order valence-corrected chi connectivity index (χ1v) is 8.38. The zero-order valence-corrected chi connectivity index (χ0v) is 14.1. The van der Waals surface area contributed by atoms with E-state index in [1.54, 1.807) is 7.11 Å². The van der Waals surface area contributed by atoms with E-state index in [9.17, 15) is 0 Å². The zero-order valence-electron chi connectivity index (χ0n) is 14.1. The average Bonchev–Trinajstić information content (AvgIpc) is 2.70. The molecule has 0 aliphatic heterocycles. The first-order valence-electron chi connectivity index (χ1n) is 8.38. The number of nitrogens with one attached hydrogen (secondary N) is 1. The third-order valence-corrected chi connectivity index (χ3v) is 4.60. The second kappa shape index (κ2) is 7.31. The number of benzene rings is 1. The molecule has 2 rings (SSSR count). The van der Waals surface area contributed by atoms with E-state index in [4.69, 9.17) is 4.74 Å². The van der Waals surface area contributed by atoms with Crippen LogP contribution >= 0.6 is 0 Å². The van der Waals surface area contributed by atoms with Gasteiger partial charge >= 0.3 is 0 Å². The summed E-state index contributed by atoms with van der Waals surface area (Å²) in [5.74, 6) is 2.39. The number of hydrogen-bond donors (Lipinski definition) is 1. The molecule has 1 fully saturated rings. The van der Waals surface area contributed by atoms with Crippen molar-refractivity contribution >= 4 is 0 Å². The van der Waals surface area contributed by atoms with Crippen LogP contribution in [0.2, 0.25) is 0 Å². The first kappa shape index (κ1) is 16.4. The fourth-order valence-electron chi connectivity index (χ4n) is 3.36. The molecule has 1 aliphatic carbocycles. The molecule has 0 heterocycles. The zero-order chi connectivity index (χ0) is 15.3. The van der Waals surface area contributed by atoms with Crippen molar-refractivity contribution in [2.75, 3.05) is 13.7 Å². The Hall–Kier alpha value is -1.02. The summed E-state index contributed by atoms with van der Waals surface area (Å²) in [4.78, 5) is 0. The van der Waals surface area contributed by atoms with Gasteiger partial charge in [0.2, 0.25) is 0 Å². The van der Waals surface area contributed by atoms with E-state index >= 15 is 0 Å². The van der Waals surface area contributed by atoms with Crippen molar-refractivity contribution in [3.05, 3.63) is 29.8 Å². The largest absolute Gasteiger partial charge is 0.497 e. The Bertz CT molecular complexity index is 418. The van der Waals surface area contributed by atoms with Crippen LogP contribution in [0.3, 0.4) is 0 Å². The molecule has 0 aromatic heterocycles. The van der Waals surface area contributed by atoms with Crippen molar-refractivity contribution in [1.82, 2.24) is 5.32 Å². The lowest BCUT2D eigenvalue weighted by molar-refractivity contribution is 0.322. The van der Waals surface area contributed by atoms with Crippen molar-refractivity contribution in [3.8, 4) is 5.75 Å². The maximum atomic E-state index is 5.29. The van der Waals surface area contributed by atoms with E-state index in [0.717, 1.165) is 18.2 Å². The molecule has 2 unspecified atom stereocenters. The van der Waals surface area contributed by atoms with Crippen LogP contribution in [0.5, 0.6) is 5.75 Å². The SMILES string of the molecule is COc1ccc(C2CCCCCC2CNC(C)(C)C)cc1. The highest BCUT2D eigenvalue weighted by atomic mass is 16.5. The molecular formula is C19H31NO. The smallest absolute Gasteiger partial charge is 0.118 e. The fraction of sp³-hybridized carbons (Fsp3) is 0.684. The van der Waals surface area contributed by atoms with Gasteiger partial charge in [-0.25, -0.2) is 0 Å². The second-order valence-electron chi connectivity index (χ2n) is 7.41. The standard InChI is InChI=1S/C19H31NO/c1-19(2,3)20-14-16-8-6-5-7-9-18(16)15-10-12-17(21-4)13-11-15/h10-13,16,18,20H,5-9,14H2,1-4H3. The van der Waals surface area contributed by atoms with E-state index in [1.165, 1.54) is 37.7 Å². The predicted molar refractivity (Wildman–Crippen MR) is 90.1 cm³/mol. The summed E-state index contributed by atoms with van der Waals surface area (Å²) in [6, 6.07) is 8.74.